The molecular weight excluding hydrogens is 427 g/mol. The van der Waals surface area contributed by atoms with Crippen LogP contribution < -0.4 is 21.7 Å². The normalized spacial score (nSPS) is 22.2. The monoisotopic (exact) mass is 457 g/mol. The Balaban J connectivity index is 1.52. The maximum Gasteiger partial charge on any atom is 0.242 e. The molecule has 174 valence electrons. The van der Waals surface area contributed by atoms with Gasteiger partial charge >= 0.3 is 0 Å². The highest BCUT2D eigenvalue weighted by atomic mass is 19.1. The number of nitrogen functional groups attached to an aromatic ring is 1. The van der Waals surface area contributed by atoms with Gasteiger partial charge in [0, 0.05) is 43.0 Å². The maximum absolute atomic E-state index is 15.1. The van der Waals surface area contributed by atoms with E-state index < -0.39 is 25.0 Å². The lowest BCUT2D eigenvalue weighted by Crippen LogP contribution is -2.56. The number of anilines is 2. The fraction of sp³-hybridized carbons (Fsp3) is 0.455. The molecule has 1 aliphatic heterocycles. The molecule has 3 heterocycles. The zero-order chi connectivity index (χ0) is 25.7. The summed E-state index contributed by atoms with van der Waals surface area (Å²) >= 11 is 0. The molecular formula is C22H27FN8O2. The number of carbonyl (C=O) groups is 1. The molecule has 5 N–H and O–H groups in total. The van der Waals surface area contributed by atoms with Crippen molar-refractivity contribution in [2.75, 3.05) is 30.8 Å². The number of imidazole rings is 1. The second-order valence-corrected chi connectivity index (χ2v) is 8.69. The Labute approximate surface area is 194 Å². The van der Waals surface area contributed by atoms with E-state index in [1.165, 1.54) is 18.7 Å². The third kappa shape index (κ3) is 3.98. The van der Waals surface area contributed by atoms with Crippen LogP contribution >= 0.6 is 0 Å². The molecule has 1 saturated carbocycles. The number of carbonyl (C=O) groups excluding carboxylic acids is 1. The first-order valence-electron chi connectivity index (χ1n) is 12.2. The van der Waals surface area contributed by atoms with Crippen LogP contribution in [0.15, 0.2) is 24.8 Å². The van der Waals surface area contributed by atoms with Gasteiger partial charge in [0.15, 0.2) is 11.5 Å². The average Bonchev–Trinajstić information content (AvgIpc) is 3.39. The number of nitrogens with one attached hydrogen (secondary N) is 1. The number of fused-ring (bicyclic) bond motifs is 1. The molecule has 33 heavy (non-hydrogen) atoms. The van der Waals surface area contributed by atoms with Crippen molar-refractivity contribution in [2.45, 2.75) is 44.0 Å². The van der Waals surface area contributed by atoms with Crippen LogP contribution in [0.4, 0.5) is 15.9 Å². The highest BCUT2D eigenvalue weighted by Gasteiger charge is 2.43. The summed E-state index contributed by atoms with van der Waals surface area (Å²) < 4.78 is 44.0. The summed E-state index contributed by atoms with van der Waals surface area (Å²) in [6.07, 6.45) is 5.14. The minimum Gasteiger partial charge on any atom is -0.382 e. The van der Waals surface area contributed by atoms with E-state index in [0.717, 1.165) is 12.8 Å². The van der Waals surface area contributed by atoms with Crippen LogP contribution in [0, 0.1) is 5.82 Å². The van der Waals surface area contributed by atoms with Gasteiger partial charge in [0.25, 0.3) is 0 Å². The fourth-order valence-electron chi connectivity index (χ4n) is 4.32. The van der Waals surface area contributed by atoms with Gasteiger partial charge in [0.05, 0.1) is 23.6 Å². The van der Waals surface area contributed by atoms with Crippen LogP contribution in [0.2, 0.25) is 0 Å². The number of hydrogen-bond donors (Lipinski definition) is 3. The summed E-state index contributed by atoms with van der Waals surface area (Å²) in [5.74, 6) is -0.602. The van der Waals surface area contributed by atoms with Crippen molar-refractivity contribution in [3.8, 4) is 0 Å². The largest absolute Gasteiger partial charge is 0.382 e. The number of rotatable bonds is 7. The lowest BCUT2D eigenvalue weighted by atomic mass is 9.99. The number of halogens is 1. The molecule has 1 aliphatic carbocycles. The lowest BCUT2D eigenvalue weighted by molar-refractivity contribution is -0.125. The van der Waals surface area contributed by atoms with Crippen molar-refractivity contribution in [2.24, 2.45) is 5.73 Å². The second kappa shape index (κ2) is 8.23. The Kier molecular flexibility index (Phi) is 4.53. The Morgan fingerprint density at radius 2 is 2.21 bits per heavy atom. The first-order chi connectivity index (χ1) is 17.0. The van der Waals surface area contributed by atoms with Crippen molar-refractivity contribution >= 4 is 28.6 Å². The molecule has 0 bridgehead atoms. The Hall–Kier alpha value is -3.31. The number of benzene rings is 1. The van der Waals surface area contributed by atoms with Crippen molar-refractivity contribution in [1.29, 1.82) is 0 Å². The minimum atomic E-state index is -2.70. The van der Waals surface area contributed by atoms with Crippen molar-refractivity contribution in [3.63, 3.8) is 0 Å². The fourth-order valence-corrected chi connectivity index (χ4v) is 4.32. The molecule has 1 atom stereocenters. The molecule has 1 aromatic carbocycles. The van der Waals surface area contributed by atoms with E-state index in [9.17, 15) is 4.79 Å². The summed E-state index contributed by atoms with van der Waals surface area (Å²) in [6.45, 7) is 0.317. The quantitative estimate of drug-likeness (QED) is 0.476. The molecule has 1 saturated heterocycles. The number of nitrogens with two attached hydrogens (primary N) is 2. The second-order valence-electron chi connectivity index (χ2n) is 8.69. The molecule has 0 unspecified atom stereocenters. The van der Waals surface area contributed by atoms with E-state index in [-0.39, 0.29) is 36.4 Å². The number of aromatic nitrogens is 4. The molecule has 1 amide bonds. The van der Waals surface area contributed by atoms with Crippen LogP contribution in [0.1, 0.15) is 34.5 Å². The Morgan fingerprint density at radius 3 is 3.00 bits per heavy atom. The van der Waals surface area contributed by atoms with E-state index in [4.69, 9.17) is 20.3 Å². The molecule has 2 fully saturated rings. The Morgan fingerprint density at radius 1 is 1.36 bits per heavy atom. The van der Waals surface area contributed by atoms with E-state index in [1.54, 1.807) is 10.6 Å². The van der Waals surface area contributed by atoms with Gasteiger partial charge in [-0.1, -0.05) is 0 Å². The molecule has 2 aromatic heterocycles. The van der Waals surface area contributed by atoms with E-state index >= 15 is 4.39 Å². The first-order valence-corrected chi connectivity index (χ1v) is 10.7. The zero-order valence-corrected chi connectivity index (χ0v) is 17.9. The highest BCUT2D eigenvalue weighted by molar-refractivity contribution is 5.88. The summed E-state index contributed by atoms with van der Waals surface area (Å²) in [4.78, 5) is 27.2. The van der Waals surface area contributed by atoms with Gasteiger partial charge in [-0.2, -0.15) is 0 Å². The van der Waals surface area contributed by atoms with Crippen LogP contribution in [-0.2, 0) is 22.7 Å². The van der Waals surface area contributed by atoms with E-state index in [1.807, 2.05) is 4.90 Å². The van der Waals surface area contributed by atoms with Gasteiger partial charge in [0.1, 0.15) is 23.2 Å². The summed E-state index contributed by atoms with van der Waals surface area (Å²) in [6, 6.07) is 3.06. The molecule has 2 aliphatic rings. The summed E-state index contributed by atoms with van der Waals surface area (Å²) in [5.41, 5.74) is 13.3. The number of methoxy groups -OCH3 is 1. The van der Waals surface area contributed by atoms with E-state index in [2.05, 4.69) is 20.3 Å². The standard InChI is InChI=1S/C22H27FN8O2/c1-33-9-15-14(8-31-12-28-18-19(24)26-11-27-20(18)31)17(5-4-16(15)23)30-7-6-22(25,10-30)21(32)29-13-2-3-13/h4-5,11-13H,2-3,6-10,25H2,1H3,(H,29,32)(H2,24,26,27)/t22-/m1/s1/i1D3. The van der Waals surface area contributed by atoms with Crippen molar-refractivity contribution < 1.29 is 18.0 Å². The van der Waals surface area contributed by atoms with Gasteiger partial charge in [-0.05, 0) is 31.4 Å². The van der Waals surface area contributed by atoms with E-state index in [0.29, 0.717) is 35.4 Å². The zero-order valence-electron chi connectivity index (χ0n) is 20.9. The maximum atomic E-state index is 15.1. The van der Waals surface area contributed by atoms with Crippen molar-refractivity contribution in [1.82, 2.24) is 24.8 Å². The predicted octanol–water partition coefficient (Wildman–Crippen LogP) is 0.928. The van der Waals surface area contributed by atoms with Gasteiger partial charge < -0.3 is 31.0 Å². The van der Waals surface area contributed by atoms with Gasteiger partial charge in [-0.15, -0.1) is 0 Å². The molecule has 11 heteroatoms. The number of amides is 1. The first kappa shape index (κ1) is 18.2. The molecule has 0 radical (unpaired) electrons. The summed E-state index contributed by atoms with van der Waals surface area (Å²) in [5, 5.41) is 2.97. The molecule has 5 rings (SSSR count). The van der Waals surface area contributed by atoms with Crippen LogP contribution in [0.25, 0.3) is 11.2 Å². The minimum absolute atomic E-state index is 0.0875. The van der Waals surface area contributed by atoms with Crippen LogP contribution in [-0.4, -0.2) is 57.1 Å². The predicted molar refractivity (Wildman–Crippen MR) is 121 cm³/mol. The van der Waals surface area contributed by atoms with Crippen LogP contribution in [0.5, 0.6) is 0 Å². The highest BCUT2D eigenvalue weighted by Crippen LogP contribution is 2.33. The summed E-state index contributed by atoms with van der Waals surface area (Å²) in [7, 11) is -2.70. The third-order valence-corrected chi connectivity index (χ3v) is 6.33. The molecule has 3 aromatic rings. The van der Waals surface area contributed by atoms with Gasteiger partial charge in [-0.25, -0.2) is 19.3 Å². The SMILES string of the molecule is [2H]C([2H])([2H])OCc1c(F)ccc(N2CC[C@](N)(C(=O)NC3CC3)C2)c1Cn1cnc2c(N)ncnc21. The Bertz CT molecular complexity index is 1310. The number of ether oxygens (including phenoxy) is 1. The van der Waals surface area contributed by atoms with Gasteiger partial charge in [-0.3, -0.25) is 4.79 Å². The smallest absolute Gasteiger partial charge is 0.242 e. The van der Waals surface area contributed by atoms with Gasteiger partial charge in [0.2, 0.25) is 5.91 Å². The van der Waals surface area contributed by atoms with Crippen LogP contribution in [0.3, 0.4) is 0 Å². The number of hydrogen-bond acceptors (Lipinski definition) is 8. The third-order valence-electron chi connectivity index (χ3n) is 6.33. The average molecular weight is 458 g/mol. The molecule has 0 spiro atoms. The van der Waals surface area contributed by atoms with Crippen molar-refractivity contribution in [3.05, 3.63) is 41.7 Å². The number of nitrogens with zero attached hydrogens (tertiary/aromatic N) is 5. The lowest BCUT2D eigenvalue weighted by Gasteiger charge is -2.27. The topological polar surface area (TPSA) is 137 Å². The molecule has 10 nitrogen and oxygen atoms in total.